The first kappa shape index (κ1) is 19.9. The van der Waals surface area contributed by atoms with Gasteiger partial charge >= 0.3 is 6.18 Å². The molecule has 2 aromatic heterocycles. The van der Waals surface area contributed by atoms with Crippen molar-refractivity contribution < 1.29 is 18.0 Å². The predicted molar refractivity (Wildman–Crippen MR) is 98.6 cm³/mol. The topological polar surface area (TPSA) is 84.1 Å². The molecule has 10 heteroatoms. The van der Waals surface area contributed by atoms with E-state index in [2.05, 4.69) is 15.3 Å². The molecule has 3 rings (SSSR count). The van der Waals surface area contributed by atoms with Gasteiger partial charge in [-0.2, -0.15) is 13.2 Å². The SMILES string of the molecule is Cc1ccnc(NC2=C(N)CN(C(=O)c3ccnc(C(F)(F)F)c3Cl)CC2)c1. The number of hydrogen-bond donors (Lipinski definition) is 2. The zero-order valence-corrected chi connectivity index (χ0v) is 15.6. The van der Waals surface area contributed by atoms with Gasteiger partial charge in [0.2, 0.25) is 0 Å². The van der Waals surface area contributed by atoms with Crippen molar-refractivity contribution in [1.82, 2.24) is 14.9 Å². The monoisotopic (exact) mass is 411 g/mol. The number of nitrogens with two attached hydrogens (primary N) is 1. The fourth-order valence-corrected chi connectivity index (χ4v) is 3.14. The van der Waals surface area contributed by atoms with Crippen LogP contribution in [0.15, 0.2) is 42.0 Å². The first-order chi connectivity index (χ1) is 13.2. The maximum atomic E-state index is 13.0. The Kier molecular flexibility index (Phi) is 5.46. The quantitative estimate of drug-likeness (QED) is 0.806. The van der Waals surface area contributed by atoms with Gasteiger partial charge in [-0.15, -0.1) is 0 Å². The highest BCUT2D eigenvalue weighted by molar-refractivity contribution is 6.34. The van der Waals surface area contributed by atoms with Crippen LogP contribution in [0, 0.1) is 6.92 Å². The van der Waals surface area contributed by atoms with E-state index in [4.69, 9.17) is 17.3 Å². The molecule has 6 nitrogen and oxygen atoms in total. The van der Waals surface area contributed by atoms with Crippen molar-refractivity contribution in [2.45, 2.75) is 19.5 Å². The van der Waals surface area contributed by atoms with Gasteiger partial charge in [0.15, 0.2) is 5.69 Å². The Hall–Kier alpha value is -2.81. The minimum absolute atomic E-state index is 0.0625. The molecular formula is C18H17ClF3N5O. The lowest BCUT2D eigenvalue weighted by Crippen LogP contribution is -2.40. The van der Waals surface area contributed by atoms with Gasteiger partial charge in [0.1, 0.15) is 5.82 Å². The van der Waals surface area contributed by atoms with E-state index >= 15 is 0 Å². The van der Waals surface area contributed by atoms with Crippen LogP contribution >= 0.6 is 11.6 Å². The highest BCUT2D eigenvalue weighted by atomic mass is 35.5. The summed E-state index contributed by atoms with van der Waals surface area (Å²) in [6.45, 7) is 2.26. The summed E-state index contributed by atoms with van der Waals surface area (Å²) in [4.78, 5) is 21.5. The minimum Gasteiger partial charge on any atom is -0.399 e. The number of carbonyl (C=O) groups excluding carboxylic acids is 1. The maximum Gasteiger partial charge on any atom is 0.434 e. The molecule has 0 fully saturated rings. The van der Waals surface area contributed by atoms with Gasteiger partial charge in [0.05, 0.1) is 17.1 Å². The summed E-state index contributed by atoms with van der Waals surface area (Å²) >= 11 is 5.80. The largest absolute Gasteiger partial charge is 0.434 e. The lowest BCUT2D eigenvalue weighted by atomic mass is 10.1. The lowest BCUT2D eigenvalue weighted by Gasteiger charge is -2.30. The number of nitrogens with one attached hydrogen (secondary N) is 1. The number of halogens is 4. The molecule has 28 heavy (non-hydrogen) atoms. The van der Waals surface area contributed by atoms with Crippen molar-refractivity contribution >= 4 is 23.3 Å². The van der Waals surface area contributed by atoms with Gasteiger partial charge in [-0.25, -0.2) is 4.98 Å². The van der Waals surface area contributed by atoms with Gasteiger partial charge < -0.3 is 16.0 Å². The van der Waals surface area contributed by atoms with Crippen LogP contribution in [-0.4, -0.2) is 33.9 Å². The average Bonchev–Trinajstić information content (AvgIpc) is 2.62. The molecule has 0 atom stereocenters. The number of alkyl halides is 3. The fraction of sp³-hybridized carbons (Fsp3) is 0.278. The van der Waals surface area contributed by atoms with Gasteiger partial charge in [-0.3, -0.25) is 9.78 Å². The smallest absolute Gasteiger partial charge is 0.399 e. The summed E-state index contributed by atoms with van der Waals surface area (Å²) in [6.07, 6.45) is -1.76. The highest BCUT2D eigenvalue weighted by Gasteiger charge is 2.37. The van der Waals surface area contributed by atoms with Gasteiger partial charge in [0, 0.05) is 36.8 Å². The molecule has 0 unspecified atom stereocenters. The van der Waals surface area contributed by atoms with Crippen molar-refractivity contribution in [3.63, 3.8) is 0 Å². The molecule has 0 radical (unpaired) electrons. The molecular weight excluding hydrogens is 395 g/mol. The summed E-state index contributed by atoms with van der Waals surface area (Å²) < 4.78 is 38.9. The van der Waals surface area contributed by atoms with Crippen LogP contribution in [0.5, 0.6) is 0 Å². The molecule has 0 bridgehead atoms. The predicted octanol–water partition coefficient (Wildman–Crippen LogP) is 3.59. The lowest BCUT2D eigenvalue weighted by molar-refractivity contribution is -0.141. The standard InChI is InChI=1S/C18H17ClF3N5O/c1-10-2-5-24-14(8-10)26-13-4-7-27(9-12(13)23)17(28)11-3-6-25-16(15(11)19)18(20,21)22/h2-3,5-6,8H,4,7,9,23H2,1H3,(H,24,26). The number of aromatic nitrogens is 2. The third kappa shape index (κ3) is 4.19. The van der Waals surface area contributed by atoms with Crippen LogP contribution in [0.3, 0.4) is 0 Å². The Morgan fingerprint density at radius 3 is 2.64 bits per heavy atom. The number of anilines is 1. The molecule has 1 aliphatic heterocycles. The molecule has 1 aliphatic rings. The number of aryl methyl sites for hydroxylation is 1. The van der Waals surface area contributed by atoms with Crippen LogP contribution in [0.1, 0.15) is 28.0 Å². The second-order valence-corrected chi connectivity index (χ2v) is 6.72. The minimum atomic E-state index is -4.74. The maximum absolute atomic E-state index is 13.0. The summed E-state index contributed by atoms with van der Waals surface area (Å²) in [5, 5.41) is 2.42. The number of amides is 1. The number of rotatable bonds is 3. The van der Waals surface area contributed by atoms with Crippen LogP contribution in [0.2, 0.25) is 5.02 Å². The Bertz CT molecular complexity index is 945. The van der Waals surface area contributed by atoms with Gasteiger partial charge in [0.25, 0.3) is 5.91 Å². The second-order valence-electron chi connectivity index (χ2n) is 6.34. The van der Waals surface area contributed by atoms with Crippen LogP contribution in [0.25, 0.3) is 0 Å². The summed E-state index contributed by atoms with van der Waals surface area (Å²) in [6, 6.07) is 4.88. The van der Waals surface area contributed by atoms with Crippen LogP contribution < -0.4 is 11.1 Å². The van der Waals surface area contributed by atoms with E-state index in [1.807, 2.05) is 19.1 Å². The molecule has 2 aromatic rings. The zero-order chi connectivity index (χ0) is 20.5. The first-order valence-corrected chi connectivity index (χ1v) is 8.72. The number of carbonyl (C=O) groups is 1. The average molecular weight is 412 g/mol. The van der Waals surface area contributed by atoms with E-state index in [0.717, 1.165) is 17.5 Å². The molecule has 0 spiro atoms. The summed E-state index contributed by atoms with van der Waals surface area (Å²) in [7, 11) is 0. The number of nitrogens with zero attached hydrogens (tertiary/aromatic N) is 3. The Balaban J connectivity index is 1.78. The van der Waals surface area contributed by atoms with E-state index in [-0.39, 0.29) is 18.7 Å². The molecule has 0 aliphatic carbocycles. The van der Waals surface area contributed by atoms with Gasteiger partial charge in [-0.05, 0) is 30.7 Å². The van der Waals surface area contributed by atoms with Crippen LogP contribution in [0.4, 0.5) is 19.0 Å². The second kappa shape index (κ2) is 7.67. The van der Waals surface area contributed by atoms with E-state index in [9.17, 15) is 18.0 Å². The molecule has 0 aromatic carbocycles. The van der Waals surface area contributed by atoms with Crippen LogP contribution in [-0.2, 0) is 6.18 Å². The van der Waals surface area contributed by atoms with E-state index < -0.39 is 22.8 Å². The van der Waals surface area contributed by atoms with Crippen molar-refractivity contribution in [3.05, 3.63) is 63.8 Å². The third-order valence-electron chi connectivity index (χ3n) is 4.25. The Morgan fingerprint density at radius 1 is 1.29 bits per heavy atom. The van der Waals surface area contributed by atoms with Crippen molar-refractivity contribution in [3.8, 4) is 0 Å². The molecule has 0 saturated heterocycles. The van der Waals surface area contributed by atoms with Crippen molar-refractivity contribution in [2.24, 2.45) is 5.73 Å². The third-order valence-corrected chi connectivity index (χ3v) is 4.63. The molecule has 1 amide bonds. The number of pyridine rings is 2. The summed E-state index contributed by atoms with van der Waals surface area (Å²) in [5.41, 5.74) is 6.69. The van der Waals surface area contributed by atoms with Gasteiger partial charge in [-0.1, -0.05) is 11.6 Å². The fourth-order valence-electron chi connectivity index (χ4n) is 2.84. The molecule has 148 valence electrons. The van der Waals surface area contributed by atoms with E-state index in [1.165, 1.54) is 11.0 Å². The first-order valence-electron chi connectivity index (χ1n) is 8.35. The highest BCUT2D eigenvalue weighted by Crippen LogP contribution is 2.35. The molecule has 3 heterocycles. The Morgan fingerprint density at radius 2 is 2.00 bits per heavy atom. The van der Waals surface area contributed by atoms with E-state index in [1.54, 1.807) is 6.20 Å². The molecule has 0 saturated carbocycles. The normalized spacial score (nSPS) is 15.0. The Labute approximate surface area is 164 Å². The van der Waals surface area contributed by atoms with E-state index in [0.29, 0.717) is 17.9 Å². The molecule has 3 N–H and O–H groups in total. The van der Waals surface area contributed by atoms with Crippen molar-refractivity contribution in [1.29, 1.82) is 0 Å². The zero-order valence-electron chi connectivity index (χ0n) is 14.8. The number of hydrogen-bond acceptors (Lipinski definition) is 5. The van der Waals surface area contributed by atoms with Crippen molar-refractivity contribution in [2.75, 3.05) is 18.4 Å². The summed E-state index contributed by atoms with van der Waals surface area (Å²) in [5.74, 6) is -0.00157.